The number of rotatable bonds is 3. The van der Waals surface area contributed by atoms with Gasteiger partial charge in [0, 0.05) is 11.6 Å². The highest BCUT2D eigenvalue weighted by Crippen LogP contribution is 2.21. The Balaban J connectivity index is 2.18. The second kappa shape index (κ2) is 5.14. The van der Waals surface area contributed by atoms with Gasteiger partial charge in [0.2, 0.25) is 0 Å². The summed E-state index contributed by atoms with van der Waals surface area (Å²) in [6.07, 6.45) is 0.376. The molecule has 0 aliphatic rings. The van der Waals surface area contributed by atoms with Crippen molar-refractivity contribution in [2.24, 2.45) is 5.73 Å². The minimum atomic E-state index is -0.620. The predicted octanol–water partition coefficient (Wildman–Crippen LogP) is 2.91. The van der Waals surface area contributed by atoms with Gasteiger partial charge in [-0.1, -0.05) is 12.1 Å². The van der Waals surface area contributed by atoms with Crippen LogP contribution in [0, 0.1) is 11.6 Å². The molecule has 0 saturated carbocycles. The lowest BCUT2D eigenvalue weighted by Crippen LogP contribution is -2.15. The van der Waals surface area contributed by atoms with E-state index in [4.69, 9.17) is 10.8 Å². The molecule has 2 aromatic rings. The van der Waals surface area contributed by atoms with Crippen LogP contribution in [0.5, 0.6) is 5.75 Å². The maximum absolute atomic E-state index is 13.5. The van der Waals surface area contributed by atoms with Gasteiger partial charge in [-0.15, -0.1) is 0 Å². The minimum absolute atomic E-state index is 0.156. The Morgan fingerprint density at radius 3 is 2.39 bits per heavy atom. The highest BCUT2D eigenvalue weighted by atomic mass is 19.1. The fraction of sp³-hybridized carbons (Fsp3) is 0.143. The third kappa shape index (κ3) is 2.84. The van der Waals surface area contributed by atoms with Gasteiger partial charge in [-0.3, -0.25) is 0 Å². The van der Waals surface area contributed by atoms with Crippen molar-refractivity contribution in [3.63, 3.8) is 0 Å². The van der Waals surface area contributed by atoms with Crippen molar-refractivity contribution < 1.29 is 13.9 Å². The Morgan fingerprint density at radius 2 is 1.72 bits per heavy atom. The zero-order valence-electron chi connectivity index (χ0n) is 9.61. The SMILES string of the molecule is NC(Cc1ccc(O)cc1)c1cc(F)ccc1F. The van der Waals surface area contributed by atoms with Gasteiger partial charge in [0.1, 0.15) is 17.4 Å². The van der Waals surface area contributed by atoms with E-state index in [1.165, 1.54) is 12.1 Å². The lowest BCUT2D eigenvalue weighted by atomic mass is 9.99. The van der Waals surface area contributed by atoms with E-state index in [1.807, 2.05) is 0 Å². The first kappa shape index (κ1) is 12.5. The Kier molecular flexibility index (Phi) is 3.58. The largest absolute Gasteiger partial charge is 0.508 e. The highest BCUT2D eigenvalue weighted by molar-refractivity contribution is 5.29. The number of hydrogen-bond donors (Lipinski definition) is 2. The van der Waals surface area contributed by atoms with Gasteiger partial charge in [0.25, 0.3) is 0 Å². The molecular formula is C14H13F2NO. The quantitative estimate of drug-likeness (QED) is 0.878. The molecule has 2 aromatic carbocycles. The van der Waals surface area contributed by atoms with Gasteiger partial charge in [-0.05, 0) is 42.3 Å². The smallest absolute Gasteiger partial charge is 0.128 e. The van der Waals surface area contributed by atoms with Gasteiger partial charge < -0.3 is 10.8 Å². The Morgan fingerprint density at radius 1 is 1.06 bits per heavy atom. The molecule has 0 bridgehead atoms. The van der Waals surface area contributed by atoms with Crippen molar-refractivity contribution in [3.8, 4) is 5.75 Å². The molecule has 0 heterocycles. The van der Waals surface area contributed by atoms with E-state index >= 15 is 0 Å². The van der Waals surface area contributed by atoms with E-state index in [1.54, 1.807) is 12.1 Å². The van der Waals surface area contributed by atoms with Crippen LogP contribution in [0.1, 0.15) is 17.2 Å². The van der Waals surface area contributed by atoms with Gasteiger partial charge in [0.05, 0.1) is 0 Å². The van der Waals surface area contributed by atoms with E-state index in [-0.39, 0.29) is 11.3 Å². The molecule has 0 aliphatic heterocycles. The summed E-state index contributed by atoms with van der Waals surface area (Å²) in [5.41, 5.74) is 6.87. The zero-order chi connectivity index (χ0) is 13.1. The van der Waals surface area contributed by atoms with Crippen LogP contribution in [0.4, 0.5) is 8.78 Å². The topological polar surface area (TPSA) is 46.2 Å². The first-order valence-electron chi connectivity index (χ1n) is 5.54. The number of benzene rings is 2. The first-order valence-corrected chi connectivity index (χ1v) is 5.54. The number of phenolic OH excluding ortho intramolecular Hbond substituents is 1. The average molecular weight is 249 g/mol. The minimum Gasteiger partial charge on any atom is -0.508 e. The Labute approximate surface area is 104 Å². The van der Waals surface area contributed by atoms with Gasteiger partial charge in [-0.25, -0.2) is 8.78 Å². The molecule has 0 fully saturated rings. The summed E-state index contributed by atoms with van der Waals surface area (Å²) in [5, 5.41) is 9.15. The Bertz CT molecular complexity index is 540. The normalized spacial score (nSPS) is 12.4. The van der Waals surface area contributed by atoms with E-state index < -0.39 is 17.7 Å². The number of phenols is 1. The van der Waals surface area contributed by atoms with Crippen molar-refractivity contribution in [1.82, 2.24) is 0 Å². The van der Waals surface area contributed by atoms with E-state index in [0.717, 1.165) is 23.8 Å². The molecule has 3 N–H and O–H groups in total. The molecule has 1 atom stereocenters. The summed E-state index contributed by atoms with van der Waals surface area (Å²) in [6.45, 7) is 0. The van der Waals surface area contributed by atoms with E-state index in [0.29, 0.717) is 6.42 Å². The summed E-state index contributed by atoms with van der Waals surface area (Å²) >= 11 is 0. The number of nitrogens with two attached hydrogens (primary N) is 1. The molecule has 0 spiro atoms. The molecule has 0 radical (unpaired) electrons. The molecule has 0 saturated heterocycles. The second-order valence-electron chi connectivity index (χ2n) is 4.14. The highest BCUT2D eigenvalue weighted by Gasteiger charge is 2.13. The van der Waals surface area contributed by atoms with Gasteiger partial charge in [0.15, 0.2) is 0 Å². The first-order chi connectivity index (χ1) is 8.56. The van der Waals surface area contributed by atoms with Crippen LogP contribution in [-0.2, 0) is 6.42 Å². The number of aromatic hydroxyl groups is 1. The standard InChI is InChI=1S/C14H13F2NO/c15-10-3-6-13(16)12(8-10)14(17)7-9-1-4-11(18)5-2-9/h1-6,8,14,18H,7,17H2. The fourth-order valence-corrected chi connectivity index (χ4v) is 1.79. The predicted molar refractivity (Wildman–Crippen MR) is 65.1 cm³/mol. The molecule has 0 aliphatic carbocycles. The summed E-state index contributed by atoms with van der Waals surface area (Å²) in [5.74, 6) is -0.862. The van der Waals surface area contributed by atoms with Crippen molar-refractivity contribution in [1.29, 1.82) is 0 Å². The maximum atomic E-state index is 13.5. The van der Waals surface area contributed by atoms with Gasteiger partial charge in [-0.2, -0.15) is 0 Å². The summed E-state index contributed by atoms with van der Waals surface area (Å²) < 4.78 is 26.5. The molecule has 4 heteroatoms. The molecule has 18 heavy (non-hydrogen) atoms. The molecular weight excluding hydrogens is 236 g/mol. The van der Waals surface area contributed by atoms with E-state index in [9.17, 15) is 8.78 Å². The summed E-state index contributed by atoms with van der Waals surface area (Å²) in [7, 11) is 0. The van der Waals surface area contributed by atoms with Gasteiger partial charge >= 0.3 is 0 Å². The summed E-state index contributed by atoms with van der Waals surface area (Å²) in [6, 6.07) is 9.09. The number of halogens is 2. The monoisotopic (exact) mass is 249 g/mol. The van der Waals surface area contributed by atoms with Crippen molar-refractivity contribution >= 4 is 0 Å². The van der Waals surface area contributed by atoms with Crippen LogP contribution in [-0.4, -0.2) is 5.11 Å². The molecule has 1 unspecified atom stereocenters. The number of hydrogen-bond acceptors (Lipinski definition) is 2. The third-order valence-corrected chi connectivity index (χ3v) is 2.75. The molecule has 94 valence electrons. The van der Waals surface area contributed by atoms with Crippen LogP contribution < -0.4 is 5.73 Å². The lowest BCUT2D eigenvalue weighted by molar-refractivity contribution is 0.475. The van der Waals surface area contributed by atoms with Crippen LogP contribution in [0.2, 0.25) is 0 Å². The summed E-state index contributed by atoms with van der Waals surface area (Å²) in [4.78, 5) is 0. The Hall–Kier alpha value is -1.94. The fourth-order valence-electron chi connectivity index (χ4n) is 1.79. The maximum Gasteiger partial charge on any atom is 0.128 e. The van der Waals surface area contributed by atoms with Crippen LogP contribution in [0.3, 0.4) is 0 Å². The van der Waals surface area contributed by atoms with E-state index in [2.05, 4.69) is 0 Å². The van der Waals surface area contributed by atoms with Crippen molar-refractivity contribution in [3.05, 3.63) is 65.2 Å². The zero-order valence-corrected chi connectivity index (χ0v) is 9.61. The lowest BCUT2D eigenvalue weighted by Gasteiger charge is -2.13. The molecule has 0 aromatic heterocycles. The molecule has 0 amide bonds. The average Bonchev–Trinajstić information content (AvgIpc) is 2.35. The third-order valence-electron chi connectivity index (χ3n) is 2.75. The molecule has 2 rings (SSSR count). The van der Waals surface area contributed by atoms with Crippen LogP contribution >= 0.6 is 0 Å². The molecule has 2 nitrogen and oxygen atoms in total. The van der Waals surface area contributed by atoms with Crippen molar-refractivity contribution in [2.45, 2.75) is 12.5 Å². The second-order valence-corrected chi connectivity index (χ2v) is 4.14. The van der Waals surface area contributed by atoms with Crippen LogP contribution in [0.25, 0.3) is 0 Å². The van der Waals surface area contributed by atoms with Crippen molar-refractivity contribution in [2.75, 3.05) is 0 Å². The van der Waals surface area contributed by atoms with Crippen LogP contribution in [0.15, 0.2) is 42.5 Å².